The van der Waals surface area contributed by atoms with Crippen LogP contribution >= 0.6 is 0 Å². The molecule has 0 amide bonds. The highest BCUT2D eigenvalue weighted by atomic mass is 16.5. The summed E-state index contributed by atoms with van der Waals surface area (Å²) < 4.78 is 5.45. The van der Waals surface area contributed by atoms with Crippen LogP contribution < -0.4 is 5.73 Å². The maximum absolute atomic E-state index is 6.03. The summed E-state index contributed by atoms with van der Waals surface area (Å²) in [6.45, 7) is 3.47. The van der Waals surface area contributed by atoms with Crippen LogP contribution in [0.1, 0.15) is 19.0 Å². The van der Waals surface area contributed by atoms with E-state index in [1.165, 1.54) is 0 Å². The molecule has 0 aliphatic carbocycles. The molecular formula is C15H20N2O. The SMILES string of the molecule is CCCOCC(N)Cc1ccc2ccccc2n1. The quantitative estimate of drug-likeness (QED) is 0.794. The molecule has 2 rings (SSSR count). The molecule has 96 valence electrons. The Morgan fingerprint density at radius 2 is 2.06 bits per heavy atom. The van der Waals surface area contributed by atoms with Crippen LogP contribution in [0.3, 0.4) is 0 Å². The van der Waals surface area contributed by atoms with Crippen molar-refractivity contribution < 1.29 is 4.74 Å². The molecule has 0 aliphatic rings. The molecule has 3 nitrogen and oxygen atoms in total. The molecule has 0 saturated heterocycles. The highest BCUT2D eigenvalue weighted by molar-refractivity contribution is 5.78. The molecule has 2 aromatic rings. The fourth-order valence-electron chi connectivity index (χ4n) is 1.93. The Labute approximate surface area is 108 Å². The first kappa shape index (κ1) is 13.0. The predicted molar refractivity (Wildman–Crippen MR) is 74.5 cm³/mol. The van der Waals surface area contributed by atoms with Gasteiger partial charge in [-0.15, -0.1) is 0 Å². The molecule has 1 heterocycles. The first-order chi connectivity index (χ1) is 8.79. The van der Waals surface area contributed by atoms with Gasteiger partial charge in [-0.1, -0.05) is 31.2 Å². The number of aromatic nitrogens is 1. The molecule has 0 fully saturated rings. The van der Waals surface area contributed by atoms with Gasteiger partial charge in [-0.05, 0) is 18.6 Å². The van der Waals surface area contributed by atoms with Crippen molar-refractivity contribution in [3.8, 4) is 0 Å². The normalized spacial score (nSPS) is 12.8. The zero-order valence-corrected chi connectivity index (χ0v) is 10.8. The lowest BCUT2D eigenvalue weighted by atomic mass is 10.1. The minimum Gasteiger partial charge on any atom is -0.380 e. The number of rotatable bonds is 6. The molecule has 0 radical (unpaired) electrons. The van der Waals surface area contributed by atoms with Crippen molar-refractivity contribution in [3.05, 3.63) is 42.1 Å². The van der Waals surface area contributed by atoms with Crippen LogP contribution in [-0.4, -0.2) is 24.2 Å². The van der Waals surface area contributed by atoms with E-state index in [1.807, 2.05) is 24.3 Å². The van der Waals surface area contributed by atoms with Crippen molar-refractivity contribution in [3.63, 3.8) is 0 Å². The van der Waals surface area contributed by atoms with Gasteiger partial charge in [-0.3, -0.25) is 4.98 Å². The van der Waals surface area contributed by atoms with Crippen LogP contribution in [0.2, 0.25) is 0 Å². The summed E-state index contributed by atoms with van der Waals surface area (Å²) in [6, 6.07) is 12.3. The second kappa shape index (κ2) is 6.47. The van der Waals surface area contributed by atoms with Crippen molar-refractivity contribution >= 4 is 10.9 Å². The van der Waals surface area contributed by atoms with Crippen LogP contribution in [0.5, 0.6) is 0 Å². The summed E-state index contributed by atoms with van der Waals surface area (Å²) in [6.07, 6.45) is 1.79. The van der Waals surface area contributed by atoms with Crippen LogP contribution in [0.4, 0.5) is 0 Å². The smallest absolute Gasteiger partial charge is 0.0705 e. The molecule has 0 spiro atoms. The summed E-state index contributed by atoms with van der Waals surface area (Å²) in [5, 5.41) is 1.16. The molecule has 1 aromatic carbocycles. The molecular weight excluding hydrogens is 224 g/mol. The van der Waals surface area contributed by atoms with Gasteiger partial charge in [0.25, 0.3) is 0 Å². The largest absolute Gasteiger partial charge is 0.380 e. The van der Waals surface area contributed by atoms with Crippen LogP contribution in [0, 0.1) is 0 Å². The fraction of sp³-hybridized carbons (Fsp3) is 0.400. The lowest BCUT2D eigenvalue weighted by Crippen LogP contribution is -2.29. The van der Waals surface area contributed by atoms with Gasteiger partial charge in [-0.2, -0.15) is 0 Å². The third kappa shape index (κ3) is 3.52. The van der Waals surface area contributed by atoms with E-state index in [1.54, 1.807) is 0 Å². The molecule has 1 aromatic heterocycles. The van der Waals surface area contributed by atoms with Gasteiger partial charge in [0.2, 0.25) is 0 Å². The van der Waals surface area contributed by atoms with Crippen LogP contribution in [-0.2, 0) is 11.2 Å². The first-order valence-electron chi connectivity index (χ1n) is 6.47. The van der Waals surface area contributed by atoms with Gasteiger partial charge in [-0.25, -0.2) is 0 Å². The first-order valence-corrected chi connectivity index (χ1v) is 6.47. The lowest BCUT2D eigenvalue weighted by molar-refractivity contribution is 0.121. The minimum atomic E-state index is 0.0187. The highest BCUT2D eigenvalue weighted by Crippen LogP contribution is 2.12. The number of ether oxygens (including phenoxy) is 1. The standard InChI is InChI=1S/C15H20N2O/c1-2-9-18-11-13(16)10-14-8-7-12-5-3-4-6-15(12)17-14/h3-8,13H,2,9-11,16H2,1H3. The van der Waals surface area contributed by atoms with Crippen LogP contribution in [0.25, 0.3) is 10.9 Å². The molecule has 1 unspecified atom stereocenters. The second-order valence-corrected chi connectivity index (χ2v) is 4.53. The van der Waals surface area contributed by atoms with E-state index in [9.17, 15) is 0 Å². The Kier molecular flexibility index (Phi) is 4.67. The zero-order chi connectivity index (χ0) is 12.8. The van der Waals surface area contributed by atoms with Gasteiger partial charge in [0.1, 0.15) is 0 Å². The van der Waals surface area contributed by atoms with Crippen molar-refractivity contribution in [2.75, 3.05) is 13.2 Å². The lowest BCUT2D eigenvalue weighted by Gasteiger charge is -2.11. The maximum Gasteiger partial charge on any atom is 0.0705 e. The number of para-hydroxylation sites is 1. The summed E-state index contributed by atoms with van der Waals surface area (Å²) >= 11 is 0. The Morgan fingerprint density at radius 1 is 1.22 bits per heavy atom. The average molecular weight is 244 g/mol. The van der Waals surface area contributed by atoms with E-state index in [-0.39, 0.29) is 6.04 Å². The van der Waals surface area contributed by atoms with Crippen molar-refractivity contribution in [1.82, 2.24) is 4.98 Å². The summed E-state index contributed by atoms with van der Waals surface area (Å²) in [4.78, 5) is 4.61. The minimum absolute atomic E-state index is 0.0187. The molecule has 0 aliphatic heterocycles. The topological polar surface area (TPSA) is 48.1 Å². The number of fused-ring (bicyclic) bond motifs is 1. The Balaban J connectivity index is 1.98. The summed E-state index contributed by atoms with van der Waals surface area (Å²) in [5.41, 5.74) is 8.08. The number of hydrogen-bond donors (Lipinski definition) is 1. The van der Waals surface area contributed by atoms with E-state index in [0.29, 0.717) is 6.61 Å². The highest BCUT2D eigenvalue weighted by Gasteiger charge is 2.06. The monoisotopic (exact) mass is 244 g/mol. The molecule has 1 atom stereocenters. The Hall–Kier alpha value is -1.45. The number of hydrogen-bond acceptors (Lipinski definition) is 3. The van der Waals surface area contributed by atoms with Gasteiger partial charge in [0.05, 0.1) is 12.1 Å². The number of nitrogens with two attached hydrogens (primary N) is 1. The molecule has 0 bridgehead atoms. The van der Waals surface area contributed by atoms with E-state index in [0.717, 1.165) is 36.0 Å². The van der Waals surface area contributed by atoms with E-state index >= 15 is 0 Å². The van der Waals surface area contributed by atoms with Crippen LogP contribution in [0.15, 0.2) is 36.4 Å². The molecule has 3 heteroatoms. The number of pyridine rings is 1. The zero-order valence-electron chi connectivity index (χ0n) is 10.8. The van der Waals surface area contributed by atoms with Crippen molar-refractivity contribution in [1.29, 1.82) is 0 Å². The third-order valence-corrected chi connectivity index (χ3v) is 2.81. The van der Waals surface area contributed by atoms with E-state index in [2.05, 4.69) is 24.0 Å². The molecule has 2 N–H and O–H groups in total. The van der Waals surface area contributed by atoms with Gasteiger partial charge in [0, 0.05) is 30.1 Å². The predicted octanol–water partition coefficient (Wildman–Crippen LogP) is 2.53. The summed E-state index contributed by atoms with van der Waals surface area (Å²) in [7, 11) is 0. The third-order valence-electron chi connectivity index (χ3n) is 2.81. The number of nitrogens with zero attached hydrogens (tertiary/aromatic N) is 1. The number of benzene rings is 1. The van der Waals surface area contributed by atoms with Crippen molar-refractivity contribution in [2.24, 2.45) is 5.73 Å². The van der Waals surface area contributed by atoms with Gasteiger partial charge < -0.3 is 10.5 Å². The van der Waals surface area contributed by atoms with Gasteiger partial charge in [0.15, 0.2) is 0 Å². The second-order valence-electron chi connectivity index (χ2n) is 4.53. The average Bonchev–Trinajstić information content (AvgIpc) is 2.39. The van der Waals surface area contributed by atoms with E-state index in [4.69, 9.17) is 10.5 Å². The Morgan fingerprint density at radius 3 is 2.89 bits per heavy atom. The van der Waals surface area contributed by atoms with Gasteiger partial charge >= 0.3 is 0 Å². The fourth-order valence-corrected chi connectivity index (χ4v) is 1.93. The molecule has 0 saturated carbocycles. The summed E-state index contributed by atoms with van der Waals surface area (Å²) in [5.74, 6) is 0. The maximum atomic E-state index is 6.03. The Bertz CT molecular complexity index is 499. The van der Waals surface area contributed by atoms with Crippen molar-refractivity contribution in [2.45, 2.75) is 25.8 Å². The van der Waals surface area contributed by atoms with E-state index < -0.39 is 0 Å². The molecule has 18 heavy (non-hydrogen) atoms.